The van der Waals surface area contributed by atoms with E-state index in [1.165, 1.54) is 0 Å². The van der Waals surface area contributed by atoms with Gasteiger partial charge in [0.2, 0.25) is 0 Å². The molecule has 0 saturated heterocycles. The number of aliphatic hydroxyl groups is 1. The van der Waals surface area contributed by atoms with Crippen LogP contribution in [0.5, 0.6) is 0 Å². The van der Waals surface area contributed by atoms with Gasteiger partial charge < -0.3 is 25.6 Å². The minimum Gasteiger partial charge on any atom is -0.443 e. The molecule has 2 heterocycles. The number of aromatic nitrogens is 3. The molecule has 0 bridgehead atoms. The highest BCUT2D eigenvalue weighted by molar-refractivity contribution is 5.87. The first-order valence-corrected chi connectivity index (χ1v) is 11.6. The lowest BCUT2D eigenvalue weighted by Gasteiger charge is -2.22. The number of rotatable bonds is 13. The Balaban J connectivity index is 1.81. The second-order valence-electron chi connectivity index (χ2n) is 8.90. The fourth-order valence-corrected chi connectivity index (χ4v) is 3.47. The molecule has 3 aromatic rings. The van der Waals surface area contributed by atoms with Crippen LogP contribution in [0.15, 0.2) is 48.5 Å². The van der Waals surface area contributed by atoms with Crippen molar-refractivity contribution < 1.29 is 24.2 Å². The van der Waals surface area contributed by atoms with E-state index in [-0.39, 0.29) is 32.0 Å². The van der Waals surface area contributed by atoms with Crippen LogP contribution in [0.4, 0.5) is 4.79 Å². The van der Waals surface area contributed by atoms with E-state index in [9.17, 15) is 9.59 Å². The van der Waals surface area contributed by atoms with E-state index in [1.54, 1.807) is 36.4 Å². The summed E-state index contributed by atoms with van der Waals surface area (Å²) < 4.78 is 13.1. The van der Waals surface area contributed by atoms with E-state index in [2.05, 4.69) is 15.5 Å². The van der Waals surface area contributed by atoms with Gasteiger partial charge in [0, 0.05) is 25.5 Å². The number of pyridine rings is 1. The molecule has 1 aromatic carbocycles. The summed E-state index contributed by atoms with van der Waals surface area (Å²) in [6.45, 7) is 4.24. The molecule has 0 fully saturated rings. The number of nitrogens with one attached hydrogen (secondary N) is 1. The van der Waals surface area contributed by atoms with Crippen molar-refractivity contribution >= 4 is 17.5 Å². The number of carbonyl (C=O) groups excluding carboxylic acids is 2. The molecule has 188 valence electrons. The molecule has 3 rings (SSSR count). The number of nitrogens with zero attached hydrogens (tertiary/aromatic N) is 3. The number of fused-ring (bicyclic) bond motifs is 1. The van der Waals surface area contributed by atoms with Crippen molar-refractivity contribution in [1.82, 2.24) is 19.9 Å². The highest BCUT2D eigenvalue weighted by Crippen LogP contribution is 2.24. The molecule has 2 aromatic heterocycles. The lowest BCUT2D eigenvalue weighted by Crippen LogP contribution is -2.42. The van der Waals surface area contributed by atoms with Crippen molar-refractivity contribution in [2.45, 2.75) is 51.4 Å². The normalized spacial score (nSPS) is 12.5. The maximum absolute atomic E-state index is 12.8. The van der Waals surface area contributed by atoms with Crippen molar-refractivity contribution in [2.75, 3.05) is 19.8 Å². The summed E-state index contributed by atoms with van der Waals surface area (Å²) >= 11 is 0. The molecule has 0 aliphatic heterocycles. The van der Waals surface area contributed by atoms with Crippen LogP contribution in [0.3, 0.4) is 0 Å². The second-order valence-corrected chi connectivity index (χ2v) is 8.90. The monoisotopic (exact) mass is 483 g/mol. The van der Waals surface area contributed by atoms with Crippen LogP contribution >= 0.6 is 0 Å². The lowest BCUT2D eigenvalue weighted by atomic mass is 9.91. The Bertz CT molecular complexity index is 1110. The molecule has 1 amide bonds. The molecule has 0 saturated carbocycles. The third-order valence-electron chi connectivity index (χ3n) is 5.44. The number of alkyl carbamates (subject to hydrolysis) is 1. The minimum absolute atomic E-state index is 0.0181. The molecule has 0 radical (unpaired) electrons. The number of hydrogen-bond acceptors (Lipinski definition) is 8. The van der Waals surface area contributed by atoms with Gasteiger partial charge in [-0.05, 0) is 38.0 Å². The minimum atomic E-state index is -1.00. The van der Waals surface area contributed by atoms with Gasteiger partial charge in [0.05, 0.1) is 24.4 Å². The molecule has 1 unspecified atom stereocenters. The van der Waals surface area contributed by atoms with Crippen molar-refractivity contribution in [1.29, 1.82) is 0 Å². The quantitative estimate of drug-likeness (QED) is 0.315. The topological polar surface area (TPSA) is 141 Å². The zero-order valence-corrected chi connectivity index (χ0v) is 20.1. The highest BCUT2D eigenvalue weighted by Gasteiger charge is 2.29. The Kier molecular flexibility index (Phi) is 9.30. The third-order valence-corrected chi connectivity index (χ3v) is 5.44. The molecule has 4 N–H and O–H groups in total. The molecule has 35 heavy (non-hydrogen) atoms. The molecule has 0 aliphatic rings. The van der Waals surface area contributed by atoms with Gasteiger partial charge in [-0.3, -0.25) is 9.20 Å². The Morgan fingerprint density at radius 3 is 2.60 bits per heavy atom. The van der Waals surface area contributed by atoms with Gasteiger partial charge >= 0.3 is 6.09 Å². The summed E-state index contributed by atoms with van der Waals surface area (Å²) in [4.78, 5) is 24.8. The van der Waals surface area contributed by atoms with Crippen LogP contribution in [0.25, 0.3) is 5.65 Å². The van der Waals surface area contributed by atoms with Gasteiger partial charge in [0.1, 0.15) is 12.4 Å². The van der Waals surface area contributed by atoms with Crippen LogP contribution in [0.2, 0.25) is 0 Å². The first kappa shape index (κ1) is 26.3. The number of Topliss-reactive ketones (excluding diaryl/α,β-unsaturated/α-hetero) is 1. The van der Waals surface area contributed by atoms with Gasteiger partial charge in [-0.1, -0.05) is 36.4 Å². The number of nitrogens with two attached hydrogens (primary N) is 1. The van der Waals surface area contributed by atoms with Crippen LogP contribution < -0.4 is 11.1 Å². The van der Waals surface area contributed by atoms with Gasteiger partial charge in [-0.15, -0.1) is 10.2 Å². The number of amides is 1. The van der Waals surface area contributed by atoms with Crippen molar-refractivity contribution in [2.24, 2.45) is 5.73 Å². The zero-order chi connectivity index (χ0) is 25.3. The van der Waals surface area contributed by atoms with Gasteiger partial charge in [-0.25, -0.2) is 4.79 Å². The Morgan fingerprint density at radius 1 is 1.11 bits per heavy atom. The molecule has 10 nitrogen and oxygen atoms in total. The number of benzene rings is 1. The number of ketones is 1. The smallest absolute Gasteiger partial charge is 0.407 e. The van der Waals surface area contributed by atoms with E-state index < -0.39 is 17.6 Å². The first-order valence-electron chi connectivity index (χ1n) is 11.6. The summed E-state index contributed by atoms with van der Waals surface area (Å²) in [6, 6.07) is 15.1. The van der Waals surface area contributed by atoms with E-state index in [4.69, 9.17) is 20.3 Å². The highest BCUT2D eigenvalue weighted by atomic mass is 16.5. The van der Waals surface area contributed by atoms with E-state index in [0.29, 0.717) is 36.7 Å². The average molecular weight is 484 g/mol. The van der Waals surface area contributed by atoms with Crippen molar-refractivity contribution in [3.63, 3.8) is 0 Å². The van der Waals surface area contributed by atoms with Crippen LogP contribution in [0, 0.1) is 0 Å². The van der Waals surface area contributed by atoms with E-state index in [1.807, 2.05) is 30.3 Å². The SMILES string of the molecule is CC(C)(N)C(=O)CC(COCc1ccccc1)c1nnc2cccc(COC(=O)NCCCO)n12. The number of aliphatic hydroxyl groups excluding tert-OH is 1. The maximum Gasteiger partial charge on any atom is 0.407 e. The summed E-state index contributed by atoms with van der Waals surface area (Å²) in [5.74, 6) is -0.00586. The van der Waals surface area contributed by atoms with Crippen LogP contribution in [-0.2, 0) is 27.5 Å². The average Bonchev–Trinajstić information content (AvgIpc) is 3.27. The number of ether oxygens (including phenoxy) is 2. The summed E-state index contributed by atoms with van der Waals surface area (Å²) in [6.07, 6.45) is -0.0280. The Labute approximate surface area is 204 Å². The van der Waals surface area contributed by atoms with Crippen LogP contribution in [0.1, 0.15) is 49.7 Å². The predicted molar refractivity (Wildman–Crippen MR) is 130 cm³/mol. The molecule has 0 spiro atoms. The Hall–Kier alpha value is -3.34. The summed E-state index contributed by atoms with van der Waals surface area (Å²) in [5, 5.41) is 20.0. The fourth-order valence-electron chi connectivity index (χ4n) is 3.47. The second kappa shape index (κ2) is 12.4. The lowest BCUT2D eigenvalue weighted by molar-refractivity contribution is -0.123. The number of hydrogen-bond donors (Lipinski definition) is 3. The summed E-state index contributed by atoms with van der Waals surface area (Å²) in [7, 11) is 0. The van der Waals surface area contributed by atoms with Gasteiger partial charge in [-0.2, -0.15) is 0 Å². The Morgan fingerprint density at radius 2 is 1.89 bits per heavy atom. The number of carbonyl (C=O) groups is 2. The van der Waals surface area contributed by atoms with Crippen LogP contribution in [-0.4, -0.2) is 56.9 Å². The van der Waals surface area contributed by atoms with Gasteiger partial charge in [0.25, 0.3) is 0 Å². The largest absolute Gasteiger partial charge is 0.443 e. The van der Waals surface area contributed by atoms with E-state index in [0.717, 1.165) is 5.56 Å². The van der Waals surface area contributed by atoms with Gasteiger partial charge in [0.15, 0.2) is 11.4 Å². The fraction of sp³-hybridized carbons (Fsp3) is 0.440. The van der Waals surface area contributed by atoms with Crippen molar-refractivity contribution in [3.05, 3.63) is 65.6 Å². The van der Waals surface area contributed by atoms with E-state index >= 15 is 0 Å². The molecule has 10 heteroatoms. The predicted octanol–water partition coefficient (Wildman–Crippen LogP) is 2.33. The molecule has 1 atom stereocenters. The summed E-state index contributed by atoms with van der Waals surface area (Å²) in [5.41, 5.74) is 7.28. The zero-order valence-electron chi connectivity index (χ0n) is 20.1. The van der Waals surface area contributed by atoms with Crippen molar-refractivity contribution in [3.8, 4) is 0 Å². The first-order chi connectivity index (χ1) is 16.8. The maximum atomic E-state index is 12.8. The molecule has 0 aliphatic carbocycles. The molecular formula is C25H33N5O5. The standard InChI is InChI=1S/C25H33N5O5/c1-25(2,26)21(32)14-19(16-34-15-18-8-4-3-5-9-18)23-29-28-22-11-6-10-20(30(22)23)17-35-24(33)27-12-7-13-31/h3-6,8-11,19,31H,7,12-17,26H2,1-2H3,(H,27,33). The molecular weight excluding hydrogens is 450 g/mol. The third kappa shape index (κ3) is 7.57.